The highest BCUT2D eigenvalue weighted by atomic mass is 16.5. The molecule has 0 saturated carbocycles. The Hall–Kier alpha value is -2.95. The molecule has 1 atom stereocenters. The summed E-state index contributed by atoms with van der Waals surface area (Å²) in [5.74, 6) is 0.609. The predicted octanol–water partition coefficient (Wildman–Crippen LogP) is 1.33. The number of piperidine rings is 1. The Kier molecular flexibility index (Phi) is 4.19. The molecule has 1 aliphatic rings. The van der Waals surface area contributed by atoms with Crippen molar-refractivity contribution < 1.29 is 14.1 Å². The van der Waals surface area contributed by atoms with Crippen LogP contribution in [0.5, 0.6) is 5.88 Å². The van der Waals surface area contributed by atoms with Gasteiger partial charge in [0.2, 0.25) is 5.69 Å². The van der Waals surface area contributed by atoms with Gasteiger partial charge in [0.25, 0.3) is 11.8 Å². The number of amides is 1. The molecule has 0 aliphatic carbocycles. The number of hydrogen-bond donors (Lipinski definition) is 0. The van der Waals surface area contributed by atoms with Gasteiger partial charge in [-0.1, -0.05) is 5.16 Å². The lowest BCUT2D eigenvalue weighted by Gasteiger charge is -2.32. The summed E-state index contributed by atoms with van der Waals surface area (Å²) in [6.07, 6.45) is 4.26. The molecule has 0 radical (unpaired) electrons. The smallest absolute Gasteiger partial charge is 0.276 e. The molecule has 0 bridgehead atoms. The Morgan fingerprint density at radius 1 is 1.48 bits per heavy atom. The van der Waals surface area contributed by atoms with Crippen LogP contribution < -0.4 is 4.74 Å². The van der Waals surface area contributed by atoms with Crippen LogP contribution in [0.25, 0.3) is 0 Å². The van der Waals surface area contributed by atoms with E-state index in [1.54, 1.807) is 17.9 Å². The number of ether oxygens (including phenoxy) is 1. The molecule has 0 aromatic carbocycles. The molecular formula is C15H15N5O3. The van der Waals surface area contributed by atoms with E-state index in [1.807, 2.05) is 6.07 Å². The van der Waals surface area contributed by atoms with Gasteiger partial charge in [0.1, 0.15) is 17.9 Å². The van der Waals surface area contributed by atoms with Crippen LogP contribution in [-0.4, -0.2) is 45.1 Å². The maximum Gasteiger partial charge on any atom is 0.276 e. The SMILES string of the molecule is Cc1cc(C(=O)N2CCC[C@@H](Oc3nccnc3C#N)C2)no1. The maximum absolute atomic E-state index is 12.4. The number of nitriles is 1. The van der Waals surface area contributed by atoms with E-state index in [1.165, 1.54) is 12.4 Å². The molecule has 8 heteroatoms. The summed E-state index contributed by atoms with van der Waals surface area (Å²) in [7, 11) is 0. The van der Waals surface area contributed by atoms with Crippen LogP contribution in [0.3, 0.4) is 0 Å². The summed E-state index contributed by atoms with van der Waals surface area (Å²) in [6, 6.07) is 3.56. The fourth-order valence-corrected chi connectivity index (χ4v) is 2.49. The molecule has 0 spiro atoms. The van der Waals surface area contributed by atoms with Gasteiger partial charge >= 0.3 is 0 Å². The fraction of sp³-hybridized carbons (Fsp3) is 0.400. The van der Waals surface area contributed by atoms with Gasteiger partial charge in [-0.3, -0.25) is 4.79 Å². The first-order valence-corrected chi connectivity index (χ1v) is 7.27. The molecule has 2 aromatic rings. The van der Waals surface area contributed by atoms with Crippen molar-refractivity contribution in [3.63, 3.8) is 0 Å². The van der Waals surface area contributed by atoms with Crippen LogP contribution in [0.2, 0.25) is 0 Å². The number of carbonyl (C=O) groups excluding carboxylic acids is 1. The highest BCUT2D eigenvalue weighted by Gasteiger charge is 2.28. The average Bonchev–Trinajstić information content (AvgIpc) is 3.01. The second-order valence-electron chi connectivity index (χ2n) is 5.28. The summed E-state index contributed by atoms with van der Waals surface area (Å²) >= 11 is 0. The second-order valence-corrected chi connectivity index (χ2v) is 5.28. The topological polar surface area (TPSA) is 105 Å². The van der Waals surface area contributed by atoms with E-state index in [9.17, 15) is 4.79 Å². The molecular weight excluding hydrogens is 298 g/mol. The Morgan fingerprint density at radius 2 is 2.30 bits per heavy atom. The first-order chi connectivity index (χ1) is 11.2. The van der Waals surface area contributed by atoms with Crippen LogP contribution in [-0.2, 0) is 0 Å². The summed E-state index contributed by atoms with van der Waals surface area (Å²) in [4.78, 5) is 22.0. The zero-order chi connectivity index (χ0) is 16.2. The highest BCUT2D eigenvalue weighted by molar-refractivity contribution is 5.92. The van der Waals surface area contributed by atoms with E-state index < -0.39 is 0 Å². The number of aromatic nitrogens is 3. The number of carbonyl (C=O) groups is 1. The van der Waals surface area contributed by atoms with Gasteiger partial charge in [-0.2, -0.15) is 5.26 Å². The van der Waals surface area contributed by atoms with Crippen LogP contribution in [0.4, 0.5) is 0 Å². The highest BCUT2D eigenvalue weighted by Crippen LogP contribution is 2.20. The molecule has 118 valence electrons. The Balaban J connectivity index is 1.69. The number of likely N-dealkylation sites (tertiary alicyclic amines) is 1. The lowest BCUT2D eigenvalue weighted by molar-refractivity contribution is 0.0517. The standard InChI is InChI=1S/C15H15N5O3/c1-10-7-12(19-23-10)15(21)20-6-2-3-11(9-20)22-14-13(8-16)17-4-5-18-14/h4-5,7,11H,2-3,6,9H2,1H3/t11-/m1/s1. The molecule has 1 aliphatic heterocycles. The number of hydrogen-bond acceptors (Lipinski definition) is 7. The summed E-state index contributed by atoms with van der Waals surface area (Å²) in [6.45, 7) is 2.78. The number of nitrogens with zero attached hydrogens (tertiary/aromatic N) is 5. The Morgan fingerprint density at radius 3 is 3.04 bits per heavy atom. The van der Waals surface area contributed by atoms with Crippen molar-refractivity contribution in [2.45, 2.75) is 25.9 Å². The largest absolute Gasteiger partial charge is 0.470 e. The zero-order valence-corrected chi connectivity index (χ0v) is 12.6. The molecule has 23 heavy (non-hydrogen) atoms. The number of rotatable bonds is 3. The van der Waals surface area contributed by atoms with Crippen LogP contribution in [0.15, 0.2) is 23.0 Å². The summed E-state index contributed by atoms with van der Waals surface area (Å²) in [5, 5.41) is 12.8. The van der Waals surface area contributed by atoms with E-state index in [-0.39, 0.29) is 23.6 Å². The molecule has 0 N–H and O–H groups in total. The third-order valence-corrected chi connectivity index (χ3v) is 3.56. The van der Waals surface area contributed by atoms with E-state index >= 15 is 0 Å². The first kappa shape index (κ1) is 15.0. The monoisotopic (exact) mass is 313 g/mol. The molecule has 3 rings (SSSR count). The van der Waals surface area contributed by atoms with Gasteiger partial charge in [-0.25, -0.2) is 9.97 Å². The van der Waals surface area contributed by atoms with Gasteiger partial charge < -0.3 is 14.2 Å². The van der Waals surface area contributed by atoms with E-state index in [0.29, 0.717) is 24.5 Å². The Bertz CT molecular complexity index is 752. The zero-order valence-electron chi connectivity index (χ0n) is 12.6. The molecule has 2 aromatic heterocycles. The van der Waals surface area contributed by atoms with Crippen molar-refractivity contribution in [2.75, 3.05) is 13.1 Å². The molecule has 1 saturated heterocycles. The normalized spacial score (nSPS) is 17.6. The molecule has 1 amide bonds. The summed E-state index contributed by atoms with van der Waals surface area (Å²) in [5.41, 5.74) is 0.434. The van der Waals surface area contributed by atoms with E-state index in [2.05, 4.69) is 15.1 Å². The fourth-order valence-electron chi connectivity index (χ4n) is 2.49. The van der Waals surface area contributed by atoms with Gasteiger partial charge in [-0.05, 0) is 19.8 Å². The quantitative estimate of drug-likeness (QED) is 0.841. The van der Waals surface area contributed by atoms with Gasteiger partial charge in [0.05, 0.1) is 6.54 Å². The summed E-state index contributed by atoms with van der Waals surface area (Å²) < 4.78 is 10.7. The number of aryl methyl sites for hydroxylation is 1. The minimum atomic E-state index is -0.232. The molecule has 3 heterocycles. The minimum Gasteiger partial charge on any atom is -0.470 e. The van der Waals surface area contributed by atoms with Gasteiger partial charge in [0, 0.05) is 25.0 Å². The van der Waals surface area contributed by atoms with Crippen molar-refractivity contribution in [3.8, 4) is 11.9 Å². The minimum absolute atomic E-state index is 0.142. The maximum atomic E-state index is 12.4. The van der Waals surface area contributed by atoms with Crippen molar-refractivity contribution in [1.82, 2.24) is 20.0 Å². The van der Waals surface area contributed by atoms with Crippen molar-refractivity contribution in [3.05, 3.63) is 35.6 Å². The first-order valence-electron chi connectivity index (χ1n) is 7.27. The van der Waals surface area contributed by atoms with E-state index in [0.717, 1.165) is 12.8 Å². The molecule has 8 nitrogen and oxygen atoms in total. The van der Waals surface area contributed by atoms with E-state index in [4.69, 9.17) is 14.5 Å². The third-order valence-electron chi connectivity index (χ3n) is 3.56. The van der Waals surface area contributed by atoms with Crippen molar-refractivity contribution in [2.24, 2.45) is 0 Å². The van der Waals surface area contributed by atoms with Crippen LogP contribution in [0, 0.1) is 18.3 Å². The Labute approximate surface area is 132 Å². The van der Waals surface area contributed by atoms with Crippen molar-refractivity contribution in [1.29, 1.82) is 5.26 Å². The van der Waals surface area contributed by atoms with Crippen LogP contribution in [0.1, 0.15) is 34.8 Å². The van der Waals surface area contributed by atoms with Crippen LogP contribution >= 0.6 is 0 Å². The lowest BCUT2D eigenvalue weighted by atomic mass is 10.1. The molecule has 0 unspecified atom stereocenters. The average molecular weight is 313 g/mol. The lowest BCUT2D eigenvalue weighted by Crippen LogP contribution is -2.44. The third kappa shape index (κ3) is 3.29. The van der Waals surface area contributed by atoms with Crippen molar-refractivity contribution >= 4 is 5.91 Å². The van der Waals surface area contributed by atoms with Gasteiger partial charge in [-0.15, -0.1) is 0 Å². The second kappa shape index (κ2) is 6.44. The molecule has 1 fully saturated rings. The predicted molar refractivity (Wildman–Crippen MR) is 77.5 cm³/mol. The van der Waals surface area contributed by atoms with Gasteiger partial charge in [0.15, 0.2) is 5.69 Å².